The zero-order valence-electron chi connectivity index (χ0n) is 16.6. The Bertz CT molecular complexity index is 1250. The van der Waals surface area contributed by atoms with Crippen molar-refractivity contribution in [2.45, 2.75) is 18.8 Å². The van der Waals surface area contributed by atoms with E-state index in [1.165, 1.54) is 6.33 Å². The summed E-state index contributed by atoms with van der Waals surface area (Å²) < 4.78 is 1.57. The Kier molecular flexibility index (Phi) is 4.66. The topological polar surface area (TPSA) is 89.7 Å². The minimum Gasteiger partial charge on any atom is -0.352 e. The van der Waals surface area contributed by atoms with Gasteiger partial charge in [-0.1, -0.05) is 0 Å². The highest BCUT2D eigenvalue weighted by molar-refractivity contribution is 5.80. The van der Waals surface area contributed by atoms with E-state index in [9.17, 15) is 4.79 Å². The van der Waals surface area contributed by atoms with Gasteiger partial charge in [0.15, 0.2) is 11.5 Å². The molecule has 1 fully saturated rings. The van der Waals surface area contributed by atoms with Crippen LogP contribution in [0.3, 0.4) is 0 Å². The van der Waals surface area contributed by atoms with Crippen LogP contribution in [0.25, 0.3) is 22.2 Å². The number of hydrogen-bond acceptors (Lipinski definition) is 7. The van der Waals surface area contributed by atoms with E-state index in [1.807, 2.05) is 6.20 Å². The predicted octanol–water partition coefficient (Wildman–Crippen LogP) is 2.56. The lowest BCUT2D eigenvalue weighted by Gasteiger charge is -2.32. The first-order chi connectivity index (χ1) is 14.7. The van der Waals surface area contributed by atoms with Crippen LogP contribution < -0.4 is 10.5 Å². The predicted molar refractivity (Wildman–Crippen MR) is 114 cm³/mol. The fourth-order valence-corrected chi connectivity index (χ4v) is 3.95. The lowest BCUT2D eigenvalue weighted by Crippen LogP contribution is -2.38. The summed E-state index contributed by atoms with van der Waals surface area (Å²) >= 11 is 0. The molecule has 0 aliphatic carbocycles. The number of nitrogens with zero attached hydrogens (tertiary/aromatic N) is 7. The van der Waals surface area contributed by atoms with Gasteiger partial charge in [0.25, 0.3) is 5.56 Å². The highest BCUT2D eigenvalue weighted by Gasteiger charge is 2.24. The second kappa shape index (κ2) is 7.62. The smallest absolute Gasteiger partial charge is 0.293 e. The second-order valence-corrected chi connectivity index (χ2v) is 7.56. The van der Waals surface area contributed by atoms with Gasteiger partial charge in [0, 0.05) is 79.2 Å². The van der Waals surface area contributed by atoms with E-state index in [2.05, 4.69) is 43.0 Å². The molecule has 4 aromatic rings. The van der Waals surface area contributed by atoms with E-state index in [4.69, 9.17) is 4.98 Å². The van der Waals surface area contributed by atoms with Gasteiger partial charge in [-0.2, -0.15) is 0 Å². The molecule has 4 aromatic heterocycles. The summed E-state index contributed by atoms with van der Waals surface area (Å²) in [6, 6.07) is 6.24. The zero-order chi connectivity index (χ0) is 20.5. The Morgan fingerprint density at radius 2 is 1.80 bits per heavy atom. The molecule has 30 heavy (non-hydrogen) atoms. The fraction of sp³-hybridized carbons (Fsp3) is 0.273. The van der Waals surface area contributed by atoms with Crippen molar-refractivity contribution in [3.8, 4) is 11.1 Å². The molecule has 0 radical (unpaired) electrons. The van der Waals surface area contributed by atoms with E-state index in [0.29, 0.717) is 11.7 Å². The molecule has 0 amide bonds. The van der Waals surface area contributed by atoms with Gasteiger partial charge in [-0.15, -0.1) is 0 Å². The Balaban J connectivity index is 1.34. The van der Waals surface area contributed by atoms with E-state index < -0.39 is 0 Å². The average molecular weight is 399 g/mol. The molecule has 0 aromatic carbocycles. The van der Waals surface area contributed by atoms with Crippen molar-refractivity contribution in [1.82, 2.24) is 29.5 Å². The van der Waals surface area contributed by atoms with Crippen LogP contribution in [0, 0.1) is 0 Å². The van der Waals surface area contributed by atoms with Crippen molar-refractivity contribution in [3.05, 3.63) is 71.6 Å². The zero-order valence-corrected chi connectivity index (χ0v) is 16.6. The van der Waals surface area contributed by atoms with E-state index >= 15 is 0 Å². The molecule has 0 atom stereocenters. The Hall–Kier alpha value is -3.68. The maximum atomic E-state index is 12.3. The SMILES string of the molecule is Cn1ccnc(N2CCC(c3ccc4cc(-c5cncnc5)cnc4n3)CC2)c1=O. The van der Waals surface area contributed by atoms with Gasteiger partial charge in [0.05, 0.1) is 0 Å². The Labute approximate surface area is 173 Å². The summed E-state index contributed by atoms with van der Waals surface area (Å²) in [5.74, 6) is 0.881. The lowest BCUT2D eigenvalue weighted by molar-refractivity contribution is 0.492. The highest BCUT2D eigenvalue weighted by Crippen LogP contribution is 2.29. The first kappa shape index (κ1) is 18.4. The summed E-state index contributed by atoms with van der Waals surface area (Å²) in [7, 11) is 1.75. The van der Waals surface area contributed by atoms with Gasteiger partial charge in [-0.3, -0.25) is 4.79 Å². The van der Waals surface area contributed by atoms with Gasteiger partial charge >= 0.3 is 0 Å². The monoisotopic (exact) mass is 399 g/mol. The molecule has 1 saturated heterocycles. The number of pyridine rings is 2. The largest absolute Gasteiger partial charge is 0.352 e. The molecule has 5 heterocycles. The van der Waals surface area contributed by atoms with Crippen LogP contribution in [0.15, 0.2) is 60.3 Å². The number of rotatable bonds is 3. The summed E-state index contributed by atoms with van der Waals surface area (Å²) in [5, 5.41) is 0.995. The summed E-state index contributed by atoms with van der Waals surface area (Å²) in [5.41, 5.74) is 3.66. The number of hydrogen-bond donors (Lipinski definition) is 0. The molecule has 150 valence electrons. The Morgan fingerprint density at radius 3 is 2.60 bits per heavy atom. The first-order valence-corrected chi connectivity index (χ1v) is 9.98. The summed E-state index contributed by atoms with van der Waals surface area (Å²) in [6.45, 7) is 1.58. The number of aromatic nitrogens is 6. The van der Waals surface area contributed by atoms with E-state index in [-0.39, 0.29) is 5.56 Å². The molecule has 8 heteroatoms. The molecule has 8 nitrogen and oxygen atoms in total. The van der Waals surface area contributed by atoms with Gasteiger partial charge in [0.2, 0.25) is 0 Å². The van der Waals surface area contributed by atoms with Crippen LogP contribution in [0.2, 0.25) is 0 Å². The lowest BCUT2D eigenvalue weighted by atomic mass is 9.93. The summed E-state index contributed by atoms with van der Waals surface area (Å²) in [4.78, 5) is 36.2. The third-order valence-corrected chi connectivity index (χ3v) is 5.67. The van der Waals surface area contributed by atoms with E-state index in [0.717, 1.165) is 53.8 Å². The molecule has 0 N–H and O–H groups in total. The van der Waals surface area contributed by atoms with Crippen molar-refractivity contribution in [2.24, 2.45) is 7.05 Å². The molecule has 0 saturated carbocycles. The minimum absolute atomic E-state index is 0.0522. The average Bonchev–Trinajstić information content (AvgIpc) is 2.81. The molecule has 0 bridgehead atoms. The highest BCUT2D eigenvalue weighted by atomic mass is 16.1. The van der Waals surface area contributed by atoms with Gasteiger partial charge in [-0.25, -0.2) is 24.9 Å². The van der Waals surface area contributed by atoms with Crippen molar-refractivity contribution in [2.75, 3.05) is 18.0 Å². The standard InChI is InChI=1S/C22H21N7O/c1-28-9-6-25-21(22(28)30)29-7-4-15(5-8-29)19-3-2-16-10-17(13-26-20(16)27-19)18-11-23-14-24-12-18/h2-3,6,9-15H,4-5,7-8H2,1H3. The number of piperidine rings is 1. The molecular formula is C22H21N7O. The molecule has 5 rings (SSSR count). The first-order valence-electron chi connectivity index (χ1n) is 9.98. The maximum absolute atomic E-state index is 12.3. The number of aryl methyl sites for hydroxylation is 1. The molecular weight excluding hydrogens is 378 g/mol. The number of anilines is 1. The molecule has 1 aliphatic heterocycles. The normalized spacial score (nSPS) is 14.9. The quantitative estimate of drug-likeness (QED) is 0.523. The Morgan fingerprint density at radius 1 is 1.00 bits per heavy atom. The van der Waals surface area contributed by atoms with Crippen LogP contribution in [-0.4, -0.2) is 42.6 Å². The third kappa shape index (κ3) is 3.41. The van der Waals surface area contributed by atoms with Crippen LogP contribution >= 0.6 is 0 Å². The van der Waals surface area contributed by atoms with Crippen LogP contribution in [0.5, 0.6) is 0 Å². The third-order valence-electron chi connectivity index (χ3n) is 5.67. The fourth-order valence-electron chi connectivity index (χ4n) is 3.95. The van der Waals surface area contributed by atoms with Crippen molar-refractivity contribution in [3.63, 3.8) is 0 Å². The van der Waals surface area contributed by atoms with Crippen LogP contribution in [0.1, 0.15) is 24.5 Å². The van der Waals surface area contributed by atoms with Crippen molar-refractivity contribution >= 4 is 16.9 Å². The molecule has 0 spiro atoms. The summed E-state index contributed by atoms with van der Waals surface area (Å²) in [6.07, 6.45) is 12.1. The molecule has 1 aliphatic rings. The van der Waals surface area contributed by atoms with Gasteiger partial charge in [0.1, 0.15) is 6.33 Å². The second-order valence-electron chi connectivity index (χ2n) is 7.56. The maximum Gasteiger partial charge on any atom is 0.293 e. The van der Waals surface area contributed by atoms with Crippen LogP contribution in [0.4, 0.5) is 5.82 Å². The van der Waals surface area contributed by atoms with Gasteiger partial charge < -0.3 is 9.47 Å². The van der Waals surface area contributed by atoms with Gasteiger partial charge in [-0.05, 0) is 31.0 Å². The number of fused-ring (bicyclic) bond motifs is 1. The van der Waals surface area contributed by atoms with Crippen molar-refractivity contribution in [1.29, 1.82) is 0 Å². The molecule has 0 unspecified atom stereocenters. The minimum atomic E-state index is -0.0522. The van der Waals surface area contributed by atoms with Crippen LogP contribution in [-0.2, 0) is 7.05 Å². The van der Waals surface area contributed by atoms with E-state index in [1.54, 1.807) is 36.4 Å². The van der Waals surface area contributed by atoms with Crippen molar-refractivity contribution < 1.29 is 0 Å².